The van der Waals surface area contributed by atoms with E-state index in [0.29, 0.717) is 38.7 Å². The zero-order valence-corrected chi connectivity index (χ0v) is 20.5. The quantitative estimate of drug-likeness (QED) is 0.315. The fourth-order valence-electron chi connectivity index (χ4n) is 4.40. The molecule has 0 saturated carbocycles. The summed E-state index contributed by atoms with van der Waals surface area (Å²) >= 11 is 6.36. The third-order valence-corrected chi connectivity index (χ3v) is 6.65. The van der Waals surface area contributed by atoms with Gasteiger partial charge in [0, 0.05) is 16.1 Å². The number of hydrogen-bond acceptors (Lipinski definition) is 6. The third-order valence-electron chi connectivity index (χ3n) is 6.25. The molecule has 0 radical (unpaired) electrons. The van der Waals surface area contributed by atoms with E-state index in [2.05, 4.69) is 0 Å². The number of nitrogens with zero attached hydrogens (tertiary/aromatic N) is 1. The van der Waals surface area contributed by atoms with Crippen LogP contribution in [0.2, 0.25) is 5.02 Å². The highest BCUT2D eigenvalue weighted by Crippen LogP contribution is 2.44. The van der Waals surface area contributed by atoms with Gasteiger partial charge in [-0.1, -0.05) is 41.9 Å². The molecule has 1 N–H and O–H groups in total. The van der Waals surface area contributed by atoms with Gasteiger partial charge in [0.2, 0.25) is 5.78 Å². The highest BCUT2D eigenvalue weighted by Gasteiger charge is 2.45. The number of benzene rings is 3. The van der Waals surface area contributed by atoms with Crippen molar-refractivity contribution >= 4 is 39.9 Å². The van der Waals surface area contributed by atoms with Gasteiger partial charge in [-0.05, 0) is 54.4 Å². The number of carbonyl (C=O) groups excluding carboxylic acids is 2. The maximum absolute atomic E-state index is 13.8. The van der Waals surface area contributed by atoms with Crippen LogP contribution in [0.15, 0.2) is 82.5 Å². The number of hydrogen-bond donors (Lipinski definition) is 1. The Labute approximate surface area is 212 Å². The summed E-state index contributed by atoms with van der Waals surface area (Å²) in [7, 11) is 3.03. The van der Waals surface area contributed by atoms with E-state index in [1.807, 2.05) is 6.92 Å². The Kier molecular flexibility index (Phi) is 5.94. The summed E-state index contributed by atoms with van der Waals surface area (Å²) in [6.45, 7) is 1.85. The number of aryl methyl sites for hydroxylation is 1. The molecule has 36 heavy (non-hydrogen) atoms. The SMILES string of the molecule is COc1cccc(C2C(C(=O)c3cc4cccc(OC)c4o3)=C(O)C(=O)N2c2ccc(C)c(Cl)c2)c1. The molecule has 8 heteroatoms. The molecule has 3 aromatic carbocycles. The van der Waals surface area contributed by atoms with Crippen molar-refractivity contribution in [2.45, 2.75) is 13.0 Å². The second-order valence-electron chi connectivity index (χ2n) is 8.37. The number of aliphatic hydroxyl groups is 1. The van der Waals surface area contributed by atoms with Gasteiger partial charge in [-0.3, -0.25) is 14.5 Å². The summed E-state index contributed by atoms with van der Waals surface area (Å²) in [5.74, 6) is -1.02. The fraction of sp³-hybridized carbons (Fsp3) is 0.143. The summed E-state index contributed by atoms with van der Waals surface area (Å²) in [6.07, 6.45) is 0. The predicted octanol–water partition coefficient (Wildman–Crippen LogP) is 6.19. The van der Waals surface area contributed by atoms with Crippen molar-refractivity contribution < 1.29 is 28.6 Å². The number of aliphatic hydroxyl groups excluding tert-OH is 1. The Morgan fingerprint density at radius 1 is 1.03 bits per heavy atom. The summed E-state index contributed by atoms with van der Waals surface area (Å²) in [5.41, 5.74) is 2.12. The first kappa shape index (κ1) is 23.5. The summed E-state index contributed by atoms with van der Waals surface area (Å²) < 4.78 is 16.6. The summed E-state index contributed by atoms with van der Waals surface area (Å²) in [5, 5.41) is 12.1. The molecule has 4 aromatic rings. The fourth-order valence-corrected chi connectivity index (χ4v) is 4.58. The van der Waals surface area contributed by atoms with E-state index in [-0.39, 0.29) is 11.3 Å². The molecular formula is C28H22ClNO6. The highest BCUT2D eigenvalue weighted by atomic mass is 35.5. The minimum Gasteiger partial charge on any atom is -0.503 e. The smallest absolute Gasteiger partial charge is 0.294 e. The number of amides is 1. The third kappa shape index (κ3) is 3.78. The van der Waals surface area contributed by atoms with Gasteiger partial charge in [0.15, 0.2) is 22.9 Å². The topological polar surface area (TPSA) is 89.2 Å². The van der Waals surface area contributed by atoms with Crippen LogP contribution in [0.5, 0.6) is 11.5 Å². The second kappa shape index (κ2) is 9.09. The van der Waals surface area contributed by atoms with Gasteiger partial charge in [0.25, 0.3) is 5.91 Å². The number of Topliss-reactive ketones (excluding diaryl/α,β-unsaturated/α-hetero) is 1. The molecule has 0 saturated heterocycles. The van der Waals surface area contributed by atoms with Gasteiger partial charge < -0.3 is 19.0 Å². The zero-order valence-electron chi connectivity index (χ0n) is 19.7. The van der Waals surface area contributed by atoms with Gasteiger partial charge in [-0.15, -0.1) is 0 Å². The first-order chi connectivity index (χ1) is 17.3. The molecular weight excluding hydrogens is 482 g/mol. The standard InChI is InChI=1S/C28H22ClNO6/c1-15-10-11-18(14-20(15)29)30-24(16-6-4-8-19(12-16)34-2)23(26(32)28(30)33)25(31)22-13-17-7-5-9-21(35-3)27(17)36-22/h4-14,24,32H,1-3H3. The molecule has 1 amide bonds. The zero-order chi connectivity index (χ0) is 25.6. The molecule has 0 spiro atoms. The Morgan fingerprint density at radius 2 is 1.81 bits per heavy atom. The molecule has 7 nitrogen and oxygen atoms in total. The van der Waals surface area contributed by atoms with Crippen LogP contribution in [0, 0.1) is 6.92 Å². The van der Waals surface area contributed by atoms with Gasteiger partial charge >= 0.3 is 0 Å². The van der Waals surface area contributed by atoms with Crippen molar-refractivity contribution in [2.24, 2.45) is 0 Å². The Bertz CT molecular complexity index is 1550. The van der Waals surface area contributed by atoms with Crippen molar-refractivity contribution in [1.29, 1.82) is 0 Å². The van der Waals surface area contributed by atoms with E-state index in [9.17, 15) is 14.7 Å². The average Bonchev–Trinajstić information content (AvgIpc) is 3.44. The molecule has 1 aliphatic heterocycles. The number of carbonyl (C=O) groups is 2. The lowest BCUT2D eigenvalue weighted by Crippen LogP contribution is -2.31. The van der Waals surface area contributed by atoms with E-state index in [4.69, 9.17) is 25.5 Å². The number of halogens is 1. The Balaban J connectivity index is 1.68. The van der Waals surface area contributed by atoms with E-state index >= 15 is 0 Å². The number of anilines is 1. The van der Waals surface area contributed by atoms with E-state index in [1.165, 1.54) is 19.1 Å². The van der Waals surface area contributed by atoms with Crippen LogP contribution in [0.1, 0.15) is 27.7 Å². The lowest BCUT2D eigenvalue weighted by Gasteiger charge is -2.27. The van der Waals surface area contributed by atoms with E-state index < -0.39 is 23.5 Å². The number of fused-ring (bicyclic) bond motifs is 1. The number of ether oxygens (including phenoxy) is 2. The Morgan fingerprint density at radius 3 is 2.53 bits per heavy atom. The minimum atomic E-state index is -0.950. The van der Waals surface area contributed by atoms with Crippen molar-refractivity contribution in [2.75, 3.05) is 19.1 Å². The van der Waals surface area contributed by atoms with Crippen LogP contribution in [0.4, 0.5) is 5.69 Å². The van der Waals surface area contributed by atoms with Crippen molar-refractivity contribution in [3.8, 4) is 11.5 Å². The largest absolute Gasteiger partial charge is 0.503 e. The van der Waals surface area contributed by atoms with Crippen molar-refractivity contribution in [3.63, 3.8) is 0 Å². The average molecular weight is 504 g/mol. The monoisotopic (exact) mass is 503 g/mol. The maximum atomic E-state index is 13.8. The number of ketones is 1. The number of rotatable bonds is 6. The molecule has 1 aromatic heterocycles. The normalized spacial score (nSPS) is 15.6. The molecule has 5 rings (SSSR count). The predicted molar refractivity (Wildman–Crippen MR) is 136 cm³/mol. The van der Waals surface area contributed by atoms with Gasteiger partial charge in [0.1, 0.15) is 5.75 Å². The molecule has 1 atom stereocenters. The molecule has 182 valence electrons. The summed E-state index contributed by atoms with van der Waals surface area (Å²) in [4.78, 5) is 28.6. The number of methoxy groups -OCH3 is 2. The number of furan rings is 1. The number of para-hydroxylation sites is 1. The second-order valence-corrected chi connectivity index (χ2v) is 8.78. The van der Waals surface area contributed by atoms with Crippen LogP contribution < -0.4 is 14.4 Å². The van der Waals surface area contributed by atoms with E-state index in [0.717, 1.165) is 5.56 Å². The molecule has 0 aliphatic carbocycles. The van der Waals surface area contributed by atoms with Crippen LogP contribution in [0.25, 0.3) is 11.0 Å². The molecule has 1 aliphatic rings. The molecule has 0 fully saturated rings. The van der Waals surface area contributed by atoms with Crippen LogP contribution in [0.3, 0.4) is 0 Å². The molecule has 1 unspecified atom stereocenters. The van der Waals surface area contributed by atoms with Crippen LogP contribution in [-0.2, 0) is 4.79 Å². The lowest BCUT2D eigenvalue weighted by molar-refractivity contribution is -0.117. The first-order valence-corrected chi connectivity index (χ1v) is 11.5. The van der Waals surface area contributed by atoms with Crippen molar-refractivity contribution in [1.82, 2.24) is 0 Å². The summed E-state index contributed by atoms with van der Waals surface area (Å²) in [6, 6.07) is 18.0. The van der Waals surface area contributed by atoms with Crippen molar-refractivity contribution in [3.05, 3.63) is 100.0 Å². The molecule has 0 bridgehead atoms. The van der Waals surface area contributed by atoms with Gasteiger partial charge in [0.05, 0.1) is 25.8 Å². The van der Waals surface area contributed by atoms with Gasteiger partial charge in [-0.25, -0.2) is 0 Å². The lowest BCUT2D eigenvalue weighted by atomic mass is 9.94. The first-order valence-electron chi connectivity index (χ1n) is 11.1. The Hall–Kier alpha value is -4.23. The minimum absolute atomic E-state index is 0.0273. The van der Waals surface area contributed by atoms with Crippen LogP contribution in [-0.4, -0.2) is 31.0 Å². The highest BCUT2D eigenvalue weighted by molar-refractivity contribution is 6.31. The van der Waals surface area contributed by atoms with Crippen LogP contribution >= 0.6 is 11.6 Å². The maximum Gasteiger partial charge on any atom is 0.294 e. The van der Waals surface area contributed by atoms with E-state index in [1.54, 1.807) is 66.7 Å². The molecule has 2 heterocycles. The van der Waals surface area contributed by atoms with Gasteiger partial charge in [-0.2, -0.15) is 0 Å².